The zero-order valence-corrected chi connectivity index (χ0v) is 12.2. The molecule has 0 aromatic carbocycles. The molecular weight excluding hydrogens is 254 g/mol. The number of hydrogen-bond acceptors (Lipinski definition) is 2. The smallest absolute Gasteiger partial charge is 0.238 e. The molecule has 98 valence electrons. The van der Waals surface area contributed by atoms with Gasteiger partial charge in [0, 0.05) is 18.5 Å². The Kier molecular flexibility index (Phi) is 4.65. The highest BCUT2D eigenvalue weighted by atomic mass is 35.5. The van der Waals surface area contributed by atoms with Crippen molar-refractivity contribution >= 4 is 29.3 Å². The second kappa shape index (κ2) is 5.83. The van der Waals surface area contributed by atoms with Crippen molar-refractivity contribution in [1.82, 2.24) is 4.90 Å². The van der Waals surface area contributed by atoms with Crippen molar-refractivity contribution < 1.29 is 4.79 Å². The fraction of sp³-hybridized carbons (Fsp3) is 0.923. The third-order valence-corrected chi connectivity index (χ3v) is 5.70. The lowest BCUT2D eigenvalue weighted by Gasteiger charge is -2.35. The number of halogens is 1. The zero-order chi connectivity index (χ0) is 12.3. The standard InChI is InChI=1S/C13H22ClNOS/c1-13(7-4-10-17-13)12(16)15(9-8-14)11-5-2-3-6-11/h11H,2-10H2,1H3. The molecule has 2 nitrogen and oxygen atoms in total. The van der Waals surface area contributed by atoms with E-state index in [1.54, 1.807) is 0 Å². The van der Waals surface area contributed by atoms with Crippen LogP contribution in [0.25, 0.3) is 0 Å². The Hall–Kier alpha value is 0.110. The molecule has 1 heterocycles. The Bertz CT molecular complexity index is 273. The first-order valence-electron chi connectivity index (χ1n) is 6.68. The lowest BCUT2D eigenvalue weighted by atomic mass is 10.0. The highest BCUT2D eigenvalue weighted by Gasteiger charge is 2.42. The van der Waals surface area contributed by atoms with E-state index in [1.165, 1.54) is 32.1 Å². The summed E-state index contributed by atoms with van der Waals surface area (Å²) in [6.07, 6.45) is 7.07. The first-order chi connectivity index (χ1) is 8.17. The molecule has 0 spiro atoms. The Morgan fingerprint density at radius 3 is 2.65 bits per heavy atom. The average Bonchev–Trinajstić information content (AvgIpc) is 2.96. The number of hydrogen-bond donors (Lipinski definition) is 0. The molecule has 0 aromatic rings. The minimum Gasteiger partial charge on any atom is -0.337 e. The van der Waals surface area contributed by atoms with Crippen LogP contribution in [0.3, 0.4) is 0 Å². The van der Waals surface area contributed by atoms with E-state index in [0.717, 1.165) is 18.7 Å². The second-order valence-electron chi connectivity index (χ2n) is 5.31. The van der Waals surface area contributed by atoms with E-state index in [0.29, 0.717) is 17.8 Å². The molecule has 2 aliphatic rings. The monoisotopic (exact) mass is 275 g/mol. The van der Waals surface area contributed by atoms with Gasteiger partial charge < -0.3 is 4.90 Å². The van der Waals surface area contributed by atoms with Crippen molar-refractivity contribution in [3.8, 4) is 0 Å². The number of carbonyl (C=O) groups excluding carboxylic acids is 1. The minimum atomic E-state index is -0.172. The molecule has 4 heteroatoms. The molecule has 2 rings (SSSR count). The fourth-order valence-electron chi connectivity index (χ4n) is 3.01. The van der Waals surface area contributed by atoms with Gasteiger partial charge in [-0.1, -0.05) is 12.8 Å². The van der Waals surface area contributed by atoms with Gasteiger partial charge in [-0.15, -0.1) is 23.4 Å². The van der Waals surface area contributed by atoms with Gasteiger partial charge >= 0.3 is 0 Å². The third kappa shape index (κ3) is 2.93. The van der Waals surface area contributed by atoms with Gasteiger partial charge in [-0.3, -0.25) is 4.79 Å². The van der Waals surface area contributed by atoms with E-state index < -0.39 is 0 Å². The predicted molar refractivity (Wildman–Crippen MR) is 74.8 cm³/mol. The Morgan fingerprint density at radius 1 is 1.41 bits per heavy atom. The predicted octanol–water partition coefficient (Wildman–Crippen LogP) is 3.28. The largest absolute Gasteiger partial charge is 0.337 e. The summed E-state index contributed by atoms with van der Waals surface area (Å²) in [5.74, 6) is 2.03. The van der Waals surface area contributed by atoms with Crippen molar-refractivity contribution in [3.05, 3.63) is 0 Å². The number of amides is 1. The molecule has 0 N–H and O–H groups in total. The van der Waals surface area contributed by atoms with Crippen LogP contribution in [0.5, 0.6) is 0 Å². The molecule has 17 heavy (non-hydrogen) atoms. The zero-order valence-electron chi connectivity index (χ0n) is 10.6. The first-order valence-corrected chi connectivity index (χ1v) is 8.20. The van der Waals surface area contributed by atoms with Crippen LogP contribution in [0.1, 0.15) is 45.4 Å². The maximum atomic E-state index is 12.7. The molecule has 0 radical (unpaired) electrons. The van der Waals surface area contributed by atoms with E-state index in [1.807, 2.05) is 11.8 Å². The summed E-state index contributed by atoms with van der Waals surface area (Å²) in [4.78, 5) is 14.8. The molecule has 2 fully saturated rings. The molecule has 1 amide bonds. The van der Waals surface area contributed by atoms with Crippen molar-refractivity contribution in [1.29, 1.82) is 0 Å². The molecular formula is C13H22ClNOS. The molecule has 1 atom stereocenters. The van der Waals surface area contributed by atoms with Crippen LogP contribution in [0, 0.1) is 0 Å². The van der Waals surface area contributed by atoms with Gasteiger partial charge in [-0.05, 0) is 38.4 Å². The van der Waals surface area contributed by atoms with Crippen molar-refractivity contribution in [3.63, 3.8) is 0 Å². The van der Waals surface area contributed by atoms with Gasteiger partial charge in [0.2, 0.25) is 5.91 Å². The molecule has 1 aliphatic carbocycles. The molecule has 1 unspecified atom stereocenters. The number of alkyl halides is 1. The fourth-order valence-corrected chi connectivity index (χ4v) is 4.46. The van der Waals surface area contributed by atoms with Crippen molar-refractivity contribution in [2.75, 3.05) is 18.2 Å². The lowest BCUT2D eigenvalue weighted by Crippen LogP contribution is -2.49. The quantitative estimate of drug-likeness (QED) is 0.734. The Morgan fingerprint density at radius 2 is 2.12 bits per heavy atom. The van der Waals surface area contributed by atoms with Gasteiger partial charge in [0.15, 0.2) is 0 Å². The molecule has 1 aliphatic heterocycles. The van der Waals surface area contributed by atoms with E-state index >= 15 is 0 Å². The van der Waals surface area contributed by atoms with Gasteiger partial charge in [0.05, 0.1) is 4.75 Å². The van der Waals surface area contributed by atoms with Crippen molar-refractivity contribution in [2.45, 2.75) is 56.2 Å². The summed E-state index contributed by atoms with van der Waals surface area (Å²) in [5, 5.41) is 0. The summed E-state index contributed by atoms with van der Waals surface area (Å²) in [6.45, 7) is 2.84. The molecule has 0 bridgehead atoms. The van der Waals surface area contributed by atoms with Crippen LogP contribution < -0.4 is 0 Å². The van der Waals surface area contributed by atoms with E-state index in [-0.39, 0.29) is 4.75 Å². The summed E-state index contributed by atoms with van der Waals surface area (Å²) < 4.78 is -0.172. The minimum absolute atomic E-state index is 0.172. The number of rotatable bonds is 4. The third-order valence-electron chi connectivity index (χ3n) is 4.02. The number of thioether (sulfide) groups is 1. The summed E-state index contributed by atoms with van der Waals surface area (Å²) in [7, 11) is 0. The number of carbonyl (C=O) groups is 1. The number of nitrogens with zero attached hydrogens (tertiary/aromatic N) is 1. The van der Waals surface area contributed by atoms with Crippen LogP contribution >= 0.6 is 23.4 Å². The van der Waals surface area contributed by atoms with Crippen LogP contribution in [-0.2, 0) is 4.79 Å². The second-order valence-corrected chi connectivity index (χ2v) is 7.28. The van der Waals surface area contributed by atoms with E-state index in [4.69, 9.17) is 11.6 Å². The maximum Gasteiger partial charge on any atom is 0.238 e. The van der Waals surface area contributed by atoms with Crippen LogP contribution in [0.4, 0.5) is 0 Å². The van der Waals surface area contributed by atoms with Crippen LogP contribution in [0.2, 0.25) is 0 Å². The summed E-state index contributed by atoms with van der Waals surface area (Å²) >= 11 is 7.70. The van der Waals surface area contributed by atoms with E-state index in [2.05, 4.69) is 11.8 Å². The normalized spacial score (nSPS) is 29.8. The maximum absolute atomic E-state index is 12.7. The first kappa shape index (κ1) is 13.5. The molecule has 1 saturated heterocycles. The topological polar surface area (TPSA) is 20.3 Å². The van der Waals surface area contributed by atoms with Crippen LogP contribution in [-0.4, -0.2) is 39.8 Å². The Labute approximate surface area is 113 Å². The highest BCUT2D eigenvalue weighted by Crippen LogP contribution is 2.40. The van der Waals surface area contributed by atoms with Gasteiger partial charge in [-0.2, -0.15) is 0 Å². The van der Waals surface area contributed by atoms with Gasteiger partial charge in [0.1, 0.15) is 0 Å². The molecule has 1 saturated carbocycles. The van der Waals surface area contributed by atoms with Crippen molar-refractivity contribution in [2.24, 2.45) is 0 Å². The van der Waals surface area contributed by atoms with Crippen LogP contribution in [0.15, 0.2) is 0 Å². The average molecular weight is 276 g/mol. The highest BCUT2D eigenvalue weighted by molar-refractivity contribution is 8.01. The summed E-state index contributed by atoms with van der Waals surface area (Å²) in [6, 6.07) is 0.458. The lowest BCUT2D eigenvalue weighted by molar-refractivity contribution is -0.135. The van der Waals surface area contributed by atoms with Gasteiger partial charge in [0.25, 0.3) is 0 Å². The molecule has 0 aromatic heterocycles. The Balaban J connectivity index is 2.06. The van der Waals surface area contributed by atoms with Gasteiger partial charge in [-0.25, -0.2) is 0 Å². The SMILES string of the molecule is CC1(C(=O)N(CCCl)C2CCCC2)CCCS1. The van der Waals surface area contributed by atoms with E-state index in [9.17, 15) is 4.79 Å². The summed E-state index contributed by atoms with van der Waals surface area (Å²) in [5.41, 5.74) is 0.